The second-order valence-electron chi connectivity index (χ2n) is 5.88. The molecule has 3 unspecified atom stereocenters. The molecule has 0 bridgehead atoms. The Labute approximate surface area is 117 Å². The zero-order valence-corrected chi connectivity index (χ0v) is 12.3. The summed E-state index contributed by atoms with van der Waals surface area (Å²) in [5.74, 6) is 0.635. The normalized spacial score (nSPS) is 24.6. The molecular weight excluding hydrogens is 234 g/mol. The molecule has 0 aliphatic heterocycles. The van der Waals surface area contributed by atoms with Crippen LogP contribution in [0.3, 0.4) is 0 Å². The van der Waals surface area contributed by atoms with E-state index >= 15 is 0 Å². The molecule has 0 spiro atoms. The topological polar surface area (TPSA) is 35.2 Å². The van der Waals surface area contributed by atoms with Gasteiger partial charge in [-0.15, -0.1) is 0 Å². The van der Waals surface area contributed by atoms with E-state index in [1.807, 2.05) is 0 Å². The highest BCUT2D eigenvalue weighted by molar-refractivity contribution is 5.31. The number of benzene rings is 1. The van der Waals surface area contributed by atoms with Crippen molar-refractivity contribution in [2.45, 2.75) is 58.1 Å². The molecule has 19 heavy (non-hydrogen) atoms. The fourth-order valence-electron chi connectivity index (χ4n) is 3.01. The number of hydrogen-bond acceptors (Lipinski definition) is 2. The Balaban J connectivity index is 1.99. The number of rotatable bonds is 5. The van der Waals surface area contributed by atoms with Gasteiger partial charge in [0, 0.05) is 6.61 Å². The van der Waals surface area contributed by atoms with Gasteiger partial charge in [-0.3, -0.25) is 0 Å². The van der Waals surface area contributed by atoms with Crippen LogP contribution < -0.4 is 5.73 Å². The van der Waals surface area contributed by atoms with E-state index in [2.05, 4.69) is 38.1 Å². The minimum Gasteiger partial charge on any atom is -0.376 e. The highest BCUT2D eigenvalue weighted by Crippen LogP contribution is 2.29. The maximum absolute atomic E-state index is 6.43. The average Bonchev–Trinajstić information content (AvgIpc) is 2.57. The predicted octanol–water partition coefficient (Wildman–Crippen LogP) is 3.84. The number of nitrogens with two attached hydrogens (primary N) is 1. The van der Waals surface area contributed by atoms with Crippen molar-refractivity contribution in [3.05, 3.63) is 35.4 Å². The lowest BCUT2D eigenvalue weighted by molar-refractivity contribution is 0.0105. The predicted molar refractivity (Wildman–Crippen MR) is 80.1 cm³/mol. The minimum absolute atomic E-state index is 0.0347. The first kappa shape index (κ1) is 14.5. The van der Waals surface area contributed by atoms with Gasteiger partial charge in [0.05, 0.1) is 12.1 Å². The lowest BCUT2D eigenvalue weighted by Gasteiger charge is -2.25. The molecule has 1 aromatic rings. The maximum Gasteiger partial charge on any atom is 0.0767 e. The SMILES string of the molecule is CCCC(C)COC1CCCc2ccccc2C1N. The quantitative estimate of drug-likeness (QED) is 0.817. The van der Waals surface area contributed by atoms with Crippen molar-refractivity contribution in [3.8, 4) is 0 Å². The van der Waals surface area contributed by atoms with E-state index in [0.717, 1.165) is 19.4 Å². The monoisotopic (exact) mass is 261 g/mol. The molecule has 106 valence electrons. The van der Waals surface area contributed by atoms with E-state index in [1.54, 1.807) is 0 Å². The molecule has 2 nitrogen and oxygen atoms in total. The van der Waals surface area contributed by atoms with E-state index in [1.165, 1.54) is 30.4 Å². The molecule has 0 radical (unpaired) electrons. The Morgan fingerprint density at radius 2 is 2.16 bits per heavy atom. The Kier molecular flexibility index (Phi) is 5.41. The molecule has 3 atom stereocenters. The highest BCUT2D eigenvalue weighted by Gasteiger charge is 2.25. The van der Waals surface area contributed by atoms with Crippen molar-refractivity contribution in [1.82, 2.24) is 0 Å². The van der Waals surface area contributed by atoms with E-state index in [9.17, 15) is 0 Å². The zero-order chi connectivity index (χ0) is 13.7. The number of hydrogen-bond donors (Lipinski definition) is 1. The minimum atomic E-state index is 0.0347. The van der Waals surface area contributed by atoms with Gasteiger partial charge in [-0.2, -0.15) is 0 Å². The highest BCUT2D eigenvalue weighted by atomic mass is 16.5. The van der Waals surface area contributed by atoms with Crippen LogP contribution in [0.5, 0.6) is 0 Å². The molecule has 2 N–H and O–H groups in total. The molecule has 1 aliphatic rings. The van der Waals surface area contributed by atoms with Gasteiger partial charge in [0.2, 0.25) is 0 Å². The lowest BCUT2D eigenvalue weighted by atomic mass is 9.98. The van der Waals surface area contributed by atoms with E-state index < -0.39 is 0 Å². The van der Waals surface area contributed by atoms with Gasteiger partial charge in [-0.1, -0.05) is 44.5 Å². The van der Waals surface area contributed by atoms with Crippen LogP contribution in [-0.4, -0.2) is 12.7 Å². The summed E-state index contributed by atoms with van der Waals surface area (Å²) in [6.07, 6.45) is 6.03. The lowest BCUT2D eigenvalue weighted by Crippen LogP contribution is -2.29. The van der Waals surface area contributed by atoms with Crippen LogP contribution >= 0.6 is 0 Å². The van der Waals surface area contributed by atoms with Crippen LogP contribution in [0.1, 0.15) is 56.7 Å². The van der Waals surface area contributed by atoms with Crippen LogP contribution in [0, 0.1) is 5.92 Å². The molecule has 0 saturated heterocycles. The molecular formula is C17H27NO. The first-order valence-corrected chi connectivity index (χ1v) is 7.67. The van der Waals surface area contributed by atoms with Gasteiger partial charge in [0.15, 0.2) is 0 Å². The summed E-state index contributed by atoms with van der Waals surface area (Å²) in [6.45, 7) is 5.33. The van der Waals surface area contributed by atoms with Gasteiger partial charge in [0.1, 0.15) is 0 Å². The fraction of sp³-hybridized carbons (Fsp3) is 0.647. The van der Waals surface area contributed by atoms with Crippen molar-refractivity contribution < 1.29 is 4.74 Å². The van der Waals surface area contributed by atoms with Crippen molar-refractivity contribution in [2.75, 3.05) is 6.61 Å². The average molecular weight is 261 g/mol. The Bertz CT molecular complexity index is 391. The Hall–Kier alpha value is -0.860. The van der Waals surface area contributed by atoms with E-state index in [0.29, 0.717) is 5.92 Å². The van der Waals surface area contributed by atoms with Crippen molar-refractivity contribution >= 4 is 0 Å². The molecule has 1 aliphatic carbocycles. The van der Waals surface area contributed by atoms with Crippen LogP contribution in [0.15, 0.2) is 24.3 Å². The van der Waals surface area contributed by atoms with Gasteiger partial charge >= 0.3 is 0 Å². The van der Waals surface area contributed by atoms with Gasteiger partial charge in [-0.25, -0.2) is 0 Å². The number of ether oxygens (including phenoxy) is 1. The summed E-state index contributed by atoms with van der Waals surface area (Å²) in [5, 5.41) is 0. The second kappa shape index (κ2) is 7.06. The zero-order valence-electron chi connectivity index (χ0n) is 12.3. The first-order valence-electron chi connectivity index (χ1n) is 7.67. The Morgan fingerprint density at radius 1 is 1.37 bits per heavy atom. The molecule has 1 aromatic carbocycles. The molecule has 0 fully saturated rings. The summed E-state index contributed by atoms with van der Waals surface area (Å²) in [5.41, 5.74) is 9.12. The fourth-order valence-corrected chi connectivity index (χ4v) is 3.01. The third-order valence-electron chi connectivity index (χ3n) is 4.13. The first-order chi connectivity index (χ1) is 9.22. The third kappa shape index (κ3) is 3.80. The van der Waals surface area contributed by atoms with Gasteiger partial charge < -0.3 is 10.5 Å². The molecule has 0 amide bonds. The van der Waals surface area contributed by atoms with Crippen LogP contribution in [0.4, 0.5) is 0 Å². The summed E-state index contributed by atoms with van der Waals surface area (Å²) < 4.78 is 6.12. The smallest absolute Gasteiger partial charge is 0.0767 e. The number of aryl methyl sites for hydroxylation is 1. The Morgan fingerprint density at radius 3 is 2.95 bits per heavy atom. The van der Waals surface area contributed by atoms with Crippen LogP contribution in [-0.2, 0) is 11.2 Å². The summed E-state index contributed by atoms with van der Waals surface area (Å²) >= 11 is 0. The summed E-state index contributed by atoms with van der Waals surface area (Å²) in [6, 6.07) is 8.60. The van der Waals surface area contributed by atoms with Crippen LogP contribution in [0.2, 0.25) is 0 Å². The van der Waals surface area contributed by atoms with Gasteiger partial charge in [0.25, 0.3) is 0 Å². The third-order valence-corrected chi connectivity index (χ3v) is 4.13. The second-order valence-corrected chi connectivity index (χ2v) is 5.88. The standard InChI is InChI=1S/C17H27NO/c1-3-7-13(2)12-19-16-11-6-9-14-8-4-5-10-15(14)17(16)18/h4-5,8,10,13,16-17H,3,6-7,9,11-12,18H2,1-2H3. The van der Waals surface area contributed by atoms with Gasteiger partial charge in [-0.05, 0) is 42.7 Å². The van der Waals surface area contributed by atoms with Crippen molar-refractivity contribution in [3.63, 3.8) is 0 Å². The molecule has 2 rings (SSSR count). The molecule has 0 heterocycles. The molecule has 2 heteroatoms. The van der Waals surface area contributed by atoms with Crippen molar-refractivity contribution in [1.29, 1.82) is 0 Å². The molecule has 0 saturated carbocycles. The summed E-state index contributed by atoms with van der Waals surface area (Å²) in [7, 11) is 0. The van der Waals surface area contributed by atoms with E-state index in [-0.39, 0.29) is 12.1 Å². The molecule has 0 aromatic heterocycles. The number of fused-ring (bicyclic) bond motifs is 1. The summed E-state index contributed by atoms with van der Waals surface area (Å²) in [4.78, 5) is 0. The van der Waals surface area contributed by atoms with Crippen LogP contribution in [0.25, 0.3) is 0 Å². The van der Waals surface area contributed by atoms with Crippen molar-refractivity contribution in [2.24, 2.45) is 11.7 Å². The largest absolute Gasteiger partial charge is 0.376 e. The van der Waals surface area contributed by atoms with E-state index in [4.69, 9.17) is 10.5 Å². The maximum atomic E-state index is 6.43.